The fourth-order valence-electron chi connectivity index (χ4n) is 2.36. The van der Waals surface area contributed by atoms with Crippen LogP contribution in [0.15, 0.2) is 36.7 Å². The maximum absolute atomic E-state index is 13.7. The number of nitrogens with zero attached hydrogens (tertiary/aromatic N) is 2. The van der Waals surface area contributed by atoms with Crippen LogP contribution in [0.25, 0.3) is 0 Å². The molecular formula is C16H17FN4O2S. The number of carbonyl (C=O) groups is 2. The Kier molecular flexibility index (Phi) is 5.14. The van der Waals surface area contributed by atoms with Crippen LogP contribution in [0.2, 0.25) is 0 Å². The molecule has 8 heteroatoms. The van der Waals surface area contributed by atoms with Gasteiger partial charge in [-0.3, -0.25) is 14.3 Å². The van der Waals surface area contributed by atoms with E-state index in [9.17, 15) is 14.0 Å². The van der Waals surface area contributed by atoms with Crippen LogP contribution in [-0.4, -0.2) is 39.1 Å². The number of benzene rings is 1. The first kappa shape index (κ1) is 16.5. The van der Waals surface area contributed by atoms with Gasteiger partial charge < -0.3 is 10.6 Å². The van der Waals surface area contributed by atoms with Crippen LogP contribution in [-0.2, 0) is 16.1 Å². The van der Waals surface area contributed by atoms with Crippen molar-refractivity contribution < 1.29 is 14.0 Å². The summed E-state index contributed by atoms with van der Waals surface area (Å²) in [5, 5.41) is 9.57. The molecule has 3 rings (SSSR count). The number of halogens is 1. The van der Waals surface area contributed by atoms with Gasteiger partial charge in [-0.05, 0) is 6.07 Å². The van der Waals surface area contributed by atoms with Crippen molar-refractivity contribution in [3.8, 4) is 0 Å². The molecule has 24 heavy (non-hydrogen) atoms. The molecule has 0 radical (unpaired) electrons. The van der Waals surface area contributed by atoms with Crippen molar-refractivity contribution in [3.05, 3.63) is 48.0 Å². The van der Waals surface area contributed by atoms with Gasteiger partial charge in [0.25, 0.3) is 0 Å². The van der Waals surface area contributed by atoms with Crippen LogP contribution in [0.1, 0.15) is 12.0 Å². The number of nitrogens with one attached hydrogen (secondary N) is 2. The molecule has 0 saturated carbocycles. The summed E-state index contributed by atoms with van der Waals surface area (Å²) in [7, 11) is 0. The molecule has 1 fully saturated rings. The molecular weight excluding hydrogens is 331 g/mol. The van der Waals surface area contributed by atoms with Crippen molar-refractivity contribution in [2.24, 2.45) is 0 Å². The average molecular weight is 348 g/mol. The molecule has 1 aliphatic rings. The Morgan fingerprint density at radius 2 is 2.29 bits per heavy atom. The van der Waals surface area contributed by atoms with Gasteiger partial charge >= 0.3 is 0 Å². The molecule has 1 aromatic heterocycles. The Morgan fingerprint density at radius 1 is 1.46 bits per heavy atom. The van der Waals surface area contributed by atoms with Gasteiger partial charge in [0.15, 0.2) is 0 Å². The number of anilines is 1. The third kappa shape index (κ3) is 4.14. The van der Waals surface area contributed by atoms with Crippen LogP contribution in [0, 0.1) is 5.82 Å². The first-order valence-electron chi connectivity index (χ1n) is 7.55. The molecule has 0 aliphatic carbocycles. The summed E-state index contributed by atoms with van der Waals surface area (Å²) in [6.07, 6.45) is 3.56. The highest BCUT2D eigenvalue weighted by molar-refractivity contribution is 7.99. The van der Waals surface area contributed by atoms with Gasteiger partial charge in [0.2, 0.25) is 11.8 Å². The number of thioether (sulfide) groups is 1. The first-order chi connectivity index (χ1) is 11.6. The summed E-state index contributed by atoms with van der Waals surface area (Å²) in [5.41, 5.74) is 1.03. The van der Waals surface area contributed by atoms with E-state index in [-0.39, 0.29) is 24.2 Å². The zero-order valence-electron chi connectivity index (χ0n) is 12.9. The molecule has 2 amide bonds. The van der Waals surface area contributed by atoms with Gasteiger partial charge in [-0.2, -0.15) is 16.9 Å². The van der Waals surface area contributed by atoms with Gasteiger partial charge in [0.05, 0.1) is 18.4 Å². The van der Waals surface area contributed by atoms with Crippen molar-refractivity contribution >= 4 is 29.3 Å². The normalized spacial score (nSPS) is 17.9. The van der Waals surface area contributed by atoms with Crippen LogP contribution < -0.4 is 10.6 Å². The number of rotatable bonds is 4. The third-order valence-electron chi connectivity index (χ3n) is 3.60. The lowest BCUT2D eigenvalue weighted by molar-refractivity contribution is -0.125. The van der Waals surface area contributed by atoms with Crippen molar-refractivity contribution in [1.29, 1.82) is 0 Å². The van der Waals surface area contributed by atoms with Gasteiger partial charge in [-0.25, -0.2) is 4.39 Å². The highest BCUT2D eigenvalue weighted by Gasteiger charge is 2.23. The lowest BCUT2D eigenvalue weighted by Gasteiger charge is -2.14. The molecule has 1 aliphatic heterocycles. The molecule has 0 unspecified atom stereocenters. The largest absolute Gasteiger partial charge is 0.343 e. The van der Waals surface area contributed by atoms with E-state index in [4.69, 9.17) is 0 Å². The number of amides is 2. The Bertz CT molecular complexity index is 749. The van der Waals surface area contributed by atoms with Gasteiger partial charge in [-0.1, -0.05) is 18.2 Å². The van der Waals surface area contributed by atoms with E-state index in [1.54, 1.807) is 40.8 Å². The van der Waals surface area contributed by atoms with E-state index >= 15 is 0 Å². The zero-order chi connectivity index (χ0) is 16.9. The minimum atomic E-state index is -0.556. The highest BCUT2D eigenvalue weighted by Crippen LogP contribution is 2.14. The maximum atomic E-state index is 13.7. The van der Waals surface area contributed by atoms with E-state index < -0.39 is 6.04 Å². The average Bonchev–Trinajstić information content (AvgIpc) is 2.87. The van der Waals surface area contributed by atoms with E-state index in [0.29, 0.717) is 23.4 Å². The minimum Gasteiger partial charge on any atom is -0.343 e. The second-order valence-electron chi connectivity index (χ2n) is 5.45. The summed E-state index contributed by atoms with van der Waals surface area (Å²) in [4.78, 5) is 23.8. The molecule has 0 bridgehead atoms. The van der Waals surface area contributed by atoms with Crippen LogP contribution in [0.3, 0.4) is 0 Å². The van der Waals surface area contributed by atoms with Crippen molar-refractivity contribution in [1.82, 2.24) is 15.1 Å². The second-order valence-corrected chi connectivity index (χ2v) is 6.60. The van der Waals surface area contributed by atoms with Crippen LogP contribution >= 0.6 is 11.8 Å². The SMILES string of the molecule is O=C1CCSC[C@@H](C(=O)Nc2cnn(Cc3ccccc3F)c2)N1. The van der Waals surface area contributed by atoms with Crippen molar-refractivity contribution in [3.63, 3.8) is 0 Å². The Morgan fingerprint density at radius 3 is 3.12 bits per heavy atom. The molecule has 6 nitrogen and oxygen atoms in total. The minimum absolute atomic E-state index is 0.115. The van der Waals surface area contributed by atoms with E-state index in [0.717, 1.165) is 5.75 Å². The fourth-order valence-corrected chi connectivity index (χ4v) is 3.33. The van der Waals surface area contributed by atoms with Crippen LogP contribution in [0.5, 0.6) is 0 Å². The van der Waals surface area contributed by atoms with Crippen molar-refractivity contribution in [2.75, 3.05) is 16.8 Å². The van der Waals surface area contributed by atoms with Crippen molar-refractivity contribution in [2.45, 2.75) is 19.0 Å². The molecule has 126 valence electrons. The fraction of sp³-hybridized carbons (Fsp3) is 0.312. The molecule has 2 heterocycles. The molecule has 0 spiro atoms. The van der Waals surface area contributed by atoms with Crippen LogP contribution in [0.4, 0.5) is 10.1 Å². The maximum Gasteiger partial charge on any atom is 0.247 e. The highest BCUT2D eigenvalue weighted by atomic mass is 32.2. The molecule has 1 aromatic carbocycles. The third-order valence-corrected chi connectivity index (χ3v) is 4.66. The monoisotopic (exact) mass is 348 g/mol. The smallest absolute Gasteiger partial charge is 0.247 e. The standard InChI is InChI=1S/C16H17FN4O2S/c17-13-4-2-1-3-11(13)8-21-9-12(7-18-21)19-16(23)14-10-24-6-5-15(22)20-14/h1-4,7,9,14H,5-6,8,10H2,(H,19,23)(H,20,22)/t14-/m0/s1. The lowest BCUT2D eigenvalue weighted by atomic mass is 10.2. The predicted octanol–water partition coefficient (Wildman–Crippen LogP) is 1.63. The lowest BCUT2D eigenvalue weighted by Crippen LogP contribution is -2.44. The van der Waals surface area contributed by atoms with E-state index in [1.165, 1.54) is 12.3 Å². The quantitative estimate of drug-likeness (QED) is 0.881. The number of carbonyl (C=O) groups excluding carboxylic acids is 2. The molecule has 1 saturated heterocycles. The summed E-state index contributed by atoms with van der Waals surface area (Å²) in [6.45, 7) is 0.276. The van der Waals surface area contributed by atoms with E-state index in [1.807, 2.05) is 0 Å². The number of aromatic nitrogens is 2. The predicted molar refractivity (Wildman–Crippen MR) is 90.2 cm³/mol. The topological polar surface area (TPSA) is 76.0 Å². The second kappa shape index (κ2) is 7.48. The van der Waals surface area contributed by atoms with Gasteiger partial charge in [0.1, 0.15) is 11.9 Å². The Labute approximate surface area is 142 Å². The molecule has 2 aromatic rings. The first-order valence-corrected chi connectivity index (χ1v) is 8.71. The molecule has 1 atom stereocenters. The summed E-state index contributed by atoms with van der Waals surface area (Å²) >= 11 is 1.57. The van der Waals surface area contributed by atoms with Gasteiger partial charge in [0, 0.05) is 29.7 Å². The Hall–Kier alpha value is -2.35. The summed E-state index contributed by atoms with van der Waals surface area (Å²) in [6, 6.07) is 5.92. The number of hydrogen-bond acceptors (Lipinski definition) is 4. The zero-order valence-corrected chi connectivity index (χ0v) is 13.7. The number of hydrogen-bond donors (Lipinski definition) is 2. The van der Waals surface area contributed by atoms with Gasteiger partial charge in [-0.15, -0.1) is 0 Å². The molecule has 2 N–H and O–H groups in total. The Balaban J connectivity index is 1.62. The van der Waals surface area contributed by atoms with E-state index in [2.05, 4.69) is 15.7 Å². The summed E-state index contributed by atoms with van der Waals surface area (Å²) < 4.78 is 15.2. The summed E-state index contributed by atoms with van der Waals surface area (Å²) in [5.74, 6) is 0.576.